The molecule has 0 aromatic heterocycles. The van der Waals surface area contributed by atoms with Gasteiger partial charge in [0.05, 0.1) is 11.9 Å². The molecular formula is C17H30N2O4S. The fourth-order valence-corrected chi connectivity index (χ4v) is 2.49. The second kappa shape index (κ2) is 8.69. The minimum absolute atomic E-state index is 0.156. The summed E-state index contributed by atoms with van der Waals surface area (Å²) < 4.78 is 29.8. The average molecular weight is 359 g/mol. The molecule has 1 rings (SSSR count). The van der Waals surface area contributed by atoms with E-state index in [0.29, 0.717) is 23.9 Å². The molecule has 24 heavy (non-hydrogen) atoms. The smallest absolute Gasteiger partial charge is 0.231 e. The number of hydrogen-bond donors (Lipinski definition) is 2. The molecule has 0 saturated heterocycles. The summed E-state index contributed by atoms with van der Waals surface area (Å²) in [5.41, 5.74) is -0.411. The Hall–Kier alpha value is -1.31. The zero-order valence-electron chi connectivity index (χ0n) is 15.2. The number of ether oxygens (including phenoxy) is 1. The molecule has 0 aliphatic heterocycles. The molecule has 6 nitrogen and oxygen atoms in total. The van der Waals surface area contributed by atoms with E-state index >= 15 is 0 Å². The lowest BCUT2D eigenvalue weighted by Gasteiger charge is -2.24. The van der Waals surface area contributed by atoms with Crippen LogP contribution in [0.25, 0.3) is 0 Å². The van der Waals surface area contributed by atoms with Crippen LogP contribution in [0.3, 0.4) is 0 Å². The first-order valence-corrected chi connectivity index (χ1v) is 9.96. The SMILES string of the molecule is CC(C)CCNCC(C)(O)COc1ccc(N(C)S(C)(=O)=O)cc1. The van der Waals surface area contributed by atoms with Gasteiger partial charge in [-0.3, -0.25) is 4.31 Å². The zero-order chi connectivity index (χ0) is 18.4. The largest absolute Gasteiger partial charge is 0.491 e. The Bertz CT molecular complexity index is 598. The number of rotatable bonds is 10. The first kappa shape index (κ1) is 20.7. The van der Waals surface area contributed by atoms with Crippen LogP contribution in [0.15, 0.2) is 24.3 Å². The van der Waals surface area contributed by atoms with Gasteiger partial charge in [-0.1, -0.05) is 13.8 Å². The maximum Gasteiger partial charge on any atom is 0.231 e. The summed E-state index contributed by atoms with van der Waals surface area (Å²) in [4.78, 5) is 0. The van der Waals surface area contributed by atoms with E-state index < -0.39 is 15.6 Å². The van der Waals surface area contributed by atoms with Gasteiger partial charge in [-0.2, -0.15) is 0 Å². The summed E-state index contributed by atoms with van der Waals surface area (Å²) in [5.74, 6) is 1.21. The molecule has 1 aromatic rings. The minimum atomic E-state index is -3.28. The normalized spacial score (nSPS) is 14.5. The number of hydrogen-bond acceptors (Lipinski definition) is 5. The molecule has 0 fully saturated rings. The summed E-state index contributed by atoms with van der Waals surface area (Å²) in [7, 11) is -1.78. The van der Waals surface area contributed by atoms with E-state index in [-0.39, 0.29) is 6.61 Å². The van der Waals surface area contributed by atoms with Crippen LogP contribution in [0.2, 0.25) is 0 Å². The maximum absolute atomic E-state index is 11.5. The second-order valence-corrected chi connectivity index (χ2v) is 8.88. The van der Waals surface area contributed by atoms with Crippen molar-refractivity contribution in [3.63, 3.8) is 0 Å². The quantitative estimate of drug-likeness (QED) is 0.624. The number of anilines is 1. The third-order valence-electron chi connectivity index (χ3n) is 3.65. The van der Waals surface area contributed by atoms with Gasteiger partial charge in [-0.25, -0.2) is 8.42 Å². The van der Waals surface area contributed by atoms with Crippen molar-refractivity contribution in [1.82, 2.24) is 5.32 Å². The molecule has 0 spiro atoms. The predicted octanol–water partition coefficient (Wildman–Crippen LogP) is 1.85. The lowest BCUT2D eigenvalue weighted by Crippen LogP contribution is -2.43. The fourth-order valence-electron chi connectivity index (χ4n) is 1.98. The monoisotopic (exact) mass is 358 g/mol. The molecule has 0 bridgehead atoms. The van der Waals surface area contributed by atoms with Gasteiger partial charge >= 0.3 is 0 Å². The van der Waals surface area contributed by atoms with E-state index in [1.165, 1.54) is 11.4 Å². The third-order valence-corrected chi connectivity index (χ3v) is 4.86. The molecule has 1 unspecified atom stereocenters. The van der Waals surface area contributed by atoms with Gasteiger partial charge in [0, 0.05) is 13.6 Å². The van der Waals surface area contributed by atoms with Crippen molar-refractivity contribution in [3.8, 4) is 5.75 Å². The molecule has 0 aliphatic carbocycles. The van der Waals surface area contributed by atoms with Crippen LogP contribution in [0.1, 0.15) is 27.2 Å². The van der Waals surface area contributed by atoms with Crippen LogP contribution in [0.4, 0.5) is 5.69 Å². The molecule has 0 aliphatic rings. The van der Waals surface area contributed by atoms with Gasteiger partial charge in [0.15, 0.2) is 0 Å². The van der Waals surface area contributed by atoms with Gasteiger partial charge in [0.25, 0.3) is 0 Å². The highest BCUT2D eigenvalue weighted by atomic mass is 32.2. The molecule has 0 heterocycles. The van der Waals surface area contributed by atoms with Crippen LogP contribution in [0, 0.1) is 5.92 Å². The van der Waals surface area contributed by atoms with Crippen LogP contribution >= 0.6 is 0 Å². The van der Waals surface area contributed by atoms with Crippen molar-refractivity contribution < 1.29 is 18.3 Å². The summed E-state index contributed by atoms with van der Waals surface area (Å²) in [6.45, 7) is 7.51. The molecular weight excluding hydrogens is 328 g/mol. The van der Waals surface area contributed by atoms with Crippen LogP contribution in [0.5, 0.6) is 5.75 Å². The first-order chi connectivity index (χ1) is 11.0. The number of aliphatic hydroxyl groups is 1. The molecule has 7 heteroatoms. The van der Waals surface area contributed by atoms with Crippen LogP contribution in [-0.4, -0.2) is 52.1 Å². The summed E-state index contributed by atoms with van der Waals surface area (Å²) in [5, 5.41) is 13.5. The second-order valence-electron chi connectivity index (χ2n) is 6.87. The van der Waals surface area contributed by atoms with E-state index in [1.807, 2.05) is 0 Å². The van der Waals surface area contributed by atoms with Gasteiger partial charge in [-0.05, 0) is 50.1 Å². The molecule has 1 aromatic carbocycles. The Labute approximate surface area is 145 Å². The maximum atomic E-state index is 11.5. The highest BCUT2D eigenvalue weighted by Gasteiger charge is 2.21. The van der Waals surface area contributed by atoms with E-state index in [1.54, 1.807) is 31.2 Å². The number of nitrogens with zero attached hydrogens (tertiary/aromatic N) is 1. The average Bonchev–Trinajstić information content (AvgIpc) is 2.48. The summed E-state index contributed by atoms with van der Waals surface area (Å²) >= 11 is 0. The molecule has 0 amide bonds. The minimum Gasteiger partial charge on any atom is -0.491 e. The first-order valence-electron chi connectivity index (χ1n) is 8.11. The van der Waals surface area contributed by atoms with E-state index in [9.17, 15) is 13.5 Å². The Morgan fingerprint density at radius 2 is 1.88 bits per heavy atom. The Morgan fingerprint density at radius 1 is 1.29 bits per heavy atom. The predicted molar refractivity (Wildman–Crippen MR) is 98.1 cm³/mol. The highest BCUT2D eigenvalue weighted by molar-refractivity contribution is 7.92. The van der Waals surface area contributed by atoms with Gasteiger partial charge in [-0.15, -0.1) is 0 Å². The number of benzene rings is 1. The van der Waals surface area contributed by atoms with E-state index in [4.69, 9.17) is 4.74 Å². The van der Waals surface area contributed by atoms with Crippen LogP contribution < -0.4 is 14.4 Å². The molecule has 0 saturated carbocycles. The van der Waals surface area contributed by atoms with Crippen molar-refractivity contribution in [1.29, 1.82) is 0 Å². The van der Waals surface area contributed by atoms with Gasteiger partial charge < -0.3 is 15.2 Å². The van der Waals surface area contributed by atoms with E-state index in [0.717, 1.165) is 19.2 Å². The van der Waals surface area contributed by atoms with Crippen molar-refractivity contribution in [2.75, 3.05) is 37.3 Å². The lowest BCUT2D eigenvalue weighted by molar-refractivity contribution is 0.0123. The molecule has 2 N–H and O–H groups in total. The fraction of sp³-hybridized carbons (Fsp3) is 0.647. The molecule has 0 radical (unpaired) electrons. The van der Waals surface area contributed by atoms with Crippen molar-refractivity contribution in [2.45, 2.75) is 32.8 Å². The Morgan fingerprint density at radius 3 is 2.38 bits per heavy atom. The van der Waals surface area contributed by atoms with Gasteiger partial charge in [0.1, 0.15) is 18.0 Å². The van der Waals surface area contributed by atoms with Crippen molar-refractivity contribution >= 4 is 15.7 Å². The topological polar surface area (TPSA) is 78.9 Å². The number of sulfonamides is 1. The Kier molecular flexibility index (Phi) is 7.51. The molecule has 1 atom stereocenters. The van der Waals surface area contributed by atoms with Gasteiger partial charge in [0.2, 0.25) is 10.0 Å². The highest BCUT2D eigenvalue weighted by Crippen LogP contribution is 2.21. The summed E-state index contributed by atoms with van der Waals surface area (Å²) in [6, 6.07) is 6.73. The lowest BCUT2D eigenvalue weighted by atomic mass is 10.1. The van der Waals surface area contributed by atoms with Crippen molar-refractivity contribution in [3.05, 3.63) is 24.3 Å². The standard InChI is InChI=1S/C17H30N2O4S/c1-14(2)10-11-18-12-17(3,20)13-23-16-8-6-15(7-9-16)19(4)24(5,21)22/h6-9,14,18,20H,10-13H2,1-5H3. The van der Waals surface area contributed by atoms with E-state index in [2.05, 4.69) is 19.2 Å². The number of nitrogens with one attached hydrogen (secondary N) is 1. The Balaban J connectivity index is 2.49. The third kappa shape index (κ3) is 7.51. The summed E-state index contributed by atoms with van der Waals surface area (Å²) in [6.07, 6.45) is 2.22. The molecule has 138 valence electrons. The zero-order valence-corrected chi connectivity index (χ0v) is 16.1. The van der Waals surface area contributed by atoms with Crippen molar-refractivity contribution in [2.24, 2.45) is 5.92 Å². The van der Waals surface area contributed by atoms with Crippen LogP contribution in [-0.2, 0) is 10.0 Å².